The topological polar surface area (TPSA) is 127 Å². The summed E-state index contributed by atoms with van der Waals surface area (Å²) in [5.41, 5.74) is 2.06. The zero-order valence-electron chi connectivity index (χ0n) is 16.7. The predicted molar refractivity (Wildman–Crippen MR) is 114 cm³/mol. The fraction of sp³-hybridized carbons (Fsp3) is 0.0909. The molecule has 9 nitrogen and oxygen atoms in total. The summed E-state index contributed by atoms with van der Waals surface area (Å²) in [4.78, 5) is 28.2. The second-order valence-corrected chi connectivity index (χ2v) is 6.91. The third-order valence-electron chi connectivity index (χ3n) is 4.99. The van der Waals surface area contributed by atoms with Crippen LogP contribution in [0.1, 0.15) is 27.0 Å². The van der Waals surface area contributed by atoms with Gasteiger partial charge in [0.1, 0.15) is 11.6 Å². The van der Waals surface area contributed by atoms with Crippen molar-refractivity contribution in [3.05, 3.63) is 87.1 Å². The lowest BCUT2D eigenvalue weighted by molar-refractivity contribution is -0.385. The second-order valence-electron chi connectivity index (χ2n) is 6.91. The number of aryl methyl sites for hydroxylation is 1. The van der Waals surface area contributed by atoms with Crippen molar-refractivity contribution in [1.29, 1.82) is 5.26 Å². The Hall–Kier alpha value is -4.58. The monoisotopic (exact) mass is 412 g/mol. The number of anilines is 1. The molecule has 4 rings (SSSR count). The molecule has 0 spiro atoms. The zero-order chi connectivity index (χ0) is 22.1. The molecule has 0 fully saturated rings. The summed E-state index contributed by atoms with van der Waals surface area (Å²) in [6, 6.07) is 15.7. The molecule has 1 N–H and O–H groups in total. The Balaban J connectivity index is 1.79. The summed E-state index contributed by atoms with van der Waals surface area (Å²) in [5.74, 6) is -0.0127. The number of aromatic nitrogens is 3. The van der Waals surface area contributed by atoms with E-state index in [9.17, 15) is 20.2 Å². The first-order valence-electron chi connectivity index (χ1n) is 9.31. The fourth-order valence-electron chi connectivity index (χ4n) is 3.41. The molecule has 0 radical (unpaired) electrons. The van der Waals surface area contributed by atoms with Crippen molar-refractivity contribution in [2.24, 2.45) is 0 Å². The van der Waals surface area contributed by atoms with E-state index in [0.29, 0.717) is 5.82 Å². The minimum absolute atomic E-state index is 0.133. The molecule has 4 aromatic rings. The number of carbonyl (C=O) groups excluding carboxylic acids is 1. The normalized spacial score (nSPS) is 10.6. The van der Waals surface area contributed by atoms with Crippen LogP contribution in [0, 0.1) is 35.3 Å². The number of amides is 1. The summed E-state index contributed by atoms with van der Waals surface area (Å²) >= 11 is 0. The summed E-state index contributed by atoms with van der Waals surface area (Å²) in [6.07, 6.45) is 1.34. The van der Waals surface area contributed by atoms with Crippen LogP contribution in [0.25, 0.3) is 16.7 Å². The molecule has 2 heterocycles. The van der Waals surface area contributed by atoms with Crippen LogP contribution in [0.2, 0.25) is 0 Å². The van der Waals surface area contributed by atoms with Crippen molar-refractivity contribution in [2.75, 3.05) is 5.32 Å². The number of nitriles is 1. The van der Waals surface area contributed by atoms with Crippen molar-refractivity contribution in [1.82, 2.24) is 14.8 Å². The van der Waals surface area contributed by atoms with E-state index in [1.807, 2.05) is 43.3 Å². The van der Waals surface area contributed by atoms with Crippen molar-refractivity contribution in [3.8, 4) is 11.9 Å². The lowest BCUT2D eigenvalue weighted by Gasteiger charge is -2.12. The van der Waals surface area contributed by atoms with Crippen LogP contribution in [0.15, 0.2) is 54.7 Å². The number of para-hydroxylation sites is 1. The molecular weight excluding hydrogens is 396 g/mol. The number of nitro benzene ring substituents is 1. The molecule has 0 saturated heterocycles. The van der Waals surface area contributed by atoms with Crippen LogP contribution < -0.4 is 5.32 Å². The highest BCUT2D eigenvalue weighted by Crippen LogP contribution is 2.26. The van der Waals surface area contributed by atoms with Crippen molar-refractivity contribution >= 4 is 28.3 Å². The molecule has 0 aliphatic rings. The molecule has 0 atom stereocenters. The van der Waals surface area contributed by atoms with E-state index < -0.39 is 10.8 Å². The SMILES string of the molecule is Cc1c(C(=O)Nc2c(C#N)cnn2-c2cc(C)c3ccccc3n2)cccc1[N+](=O)[O-]. The van der Waals surface area contributed by atoms with Gasteiger partial charge in [0.25, 0.3) is 11.6 Å². The Morgan fingerprint density at radius 1 is 1.19 bits per heavy atom. The molecule has 0 aliphatic heterocycles. The first-order chi connectivity index (χ1) is 14.9. The number of hydrogen-bond acceptors (Lipinski definition) is 6. The molecule has 2 aromatic carbocycles. The van der Waals surface area contributed by atoms with Crippen LogP contribution in [-0.2, 0) is 0 Å². The Morgan fingerprint density at radius 3 is 2.71 bits per heavy atom. The number of rotatable bonds is 4. The maximum absolute atomic E-state index is 12.9. The van der Waals surface area contributed by atoms with Crippen LogP contribution >= 0.6 is 0 Å². The highest BCUT2D eigenvalue weighted by Gasteiger charge is 2.21. The van der Waals surface area contributed by atoms with Crippen LogP contribution in [0.5, 0.6) is 0 Å². The van der Waals surface area contributed by atoms with Gasteiger partial charge in [-0.05, 0) is 37.6 Å². The number of nitrogens with zero attached hydrogens (tertiary/aromatic N) is 5. The van der Waals surface area contributed by atoms with Gasteiger partial charge in [-0.2, -0.15) is 15.0 Å². The van der Waals surface area contributed by atoms with E-state index in [0.717, 1.165) is 16.5 Å². The quantitative estimate of drug-likeness (QED) is 0.398. The Morgan fingerprint density at radius 2 is 1.97 bits per heavy atom. The van der Waals surface area contributed by atoms with Crippen molar-refractivity contribution in [2.45, 2.75) is 13.8 Å². The lowest BCUT2D eigenvalue weighted by atomic mass is 10.1. The second kappa shape index (κ2) is 7.68. The molecule has 31 heavy (non-hydrogen) atoms. The number of nitrogens with one attached hydrogen (secondary N) is 1. The van der Waals surface area contributed by atoms with Crippen molar-refractivity contribution < 1.29 is 9.72 Å². The standard InChI is InChI=1S/C22H16N6O3/c1-13-10-20(25-18-8-4-3-6-16(13)18)27-21(15(11-23)12-24-27)26-22(29)17-7-5-9-19(14(17)2)28(30)31/h3-10,12H,1-2H3,(H,26,29). The predicted octanol–water partition coefficient (Wildman–Crippen LogP) is 4.07. The highest BCUT2D eigenvalue weighted by atomic mass is 16.6. The van der Waals surface area contributed by atoms with E-state index in [1.54, 1.807) is 0 Å². The minimum atomic E-state index is -0.586. The zero-order valence-corrected chi connectivity index (χ0v) is 16.7. The number of carbonyl (C=O) groups is 1. The number of benzene rings is 2. The number of hydrogen-bond donors (Lipinski definition) is 1. The maximum atomic E-state index is 12.9. The summed E-state index contributed by atoms with van der Waals surface area (Å²) in [5, 5.41) is 28.6. The van der Waals surface area contributed by atoms with Gasteiger partial charge < -0.3 is 5.32 Å². The van der Waals surface area contributed by atoms with Gasteiger partial charge in [-0.15, -0.1) is 0 Å². The van der Waals surface area contributed by atoms with Crippen LogP contribution in [0.4, 0.5) is 11.5 Å². The van der Waals surface area contributed by atoms with Gasteiger partial charge >= 0.3 is 0 Å². The molecule has 0 saturated carbocycles. The van der Waals surface area contributed by atoms with Gasteiger partial charge in [0, 0.05) is 22.6 Å². The van der Waals surface area contributed by atoms with E-state index >= 15 is 0 Å². The summed E-state index contributed by atoms with van der Waals surface area (Å²) < 4.78 is 1.38. The maximum Gasteiger partial charge on any atom is 0.273 e. The Bertz CT molecular complexity index is 1400. The van der Waals surface area contributed by atoms with Gasteiger partial charge in [-0.25, -0.2) is 4.98 Å². The molecular formula is C22H16N6O3. The van der Waals surface area contributed by atoms with Crippen LogP contribution in [-0.4, -0.2) is 25.6 Å². The van der Waals surface area contributed by atoms with E-state index in [2.05, 4.69) is 15.4 Å². The summed E-state index contributed by atoms with van der Waals surface area (Å²) in [6.45, 7) is 3.44. The molecule has 1 amide bonds. The van der Waals surface area contributed by atoms with Crippen molar-refractivity contribution in [3.63, 3.8) is 0 Å². The molecule has 9 heteroatoms. The van der Waals surface area contributed by atoms with E-state index in [4.69, 9.17) is 0 Å². The van der Waals surface area contributed by atoms with Crippen LogP contribution in [0.3, 0.4) is 0 Å². The average molecular weight is 412 g/mol. The molecule has 2 aromatic heterocycles. The smallest absolute Gasteiger partial charge is 0.273 e. The highest BCUT2D eigenvalue weighted by molar-refractivity contribution is 6.06. The lowest BCUT2D eigenvalue weighted by Crippen LogP contribution is -2.18. The third kappa shape index (κ3) is 3.47. The Labute approximate surface area is 176 Å². The fourth-order valence-corrected chi connectivity index (χ4v) is 3.41. The number of pyridine rings is 1. The molecule has 152 valence electrons. The van der Waals surface area contributed by atoms with Gasteiger partial charge in [0.05, 0.1) is 16.6 Å². The minimum Gasteiger partial charge on any atom is -0.305 e. The summed E-state index contributed by atoms with van der Waals surface area (Å²) in [7, 11) is 0. The third-order valence-corrected chi connectivity index (χ3v) is 4.99. The molecule has 0 aliphatic carbocycles. The largest absolute Gasteiger partial charge is 0.305 e. The average Bonchev–Trinajstić information content (AvgIpc) is 3.16. The number of fused-ring (bicyclic) bond motifs is 1. The van der Waals surface area contributed by atoms with Gasteiger partial charge in [-0.3, -0.25) is 14.9 Å². The van der Waals surface area contributed by atoms with Gasteiger partial charge in [0.15, 0.2) is 11.6 Å². The number of nitro groups is 1. The first kappa shape index (κ1) is 19.7. The molecule has 0 bridgehead atoms. The van der Waals surface area contributed by atoms with Gasteiger partial charge in [-0.1, -0.05) is 24.3 Å². The first-order valence-corrected chi connectivity index (χ1v) is 9.31. The van der Waals surface area contributed by atoms with E-state index in [-0.39, 0.29) is 28.2 Å². The van der Waals surface area contributed by atoms with Gasteiger partial charge in [0.2, 0.25) is 0 Å². The molecule has 0 unspecified atom stereocenters. The van der Waals surface area contributed by atoms with E-state index in [1.165, 1.54) is 36.0 Å². The Kier molecular flexibility index (Phi) is 4.89.